The van der Waals surface area contributed by atoms with Crippen LogP contribution in [-0.4, -0.2) is 187 Å². The van der Waals surface area contributed by atoms with E-state index in [4.69, 9.17) is 25.1 Å². The lowest BCUT2D eigenvalue weighted by atomic mass is 9.83. The summed E-state index contributed by atoms with van der Waals surface area (Å²) in [6.45, 7) is 15.8. The summed E-state index contributed by atoms with van der Waals surface area (Å²) in [5, 5.41) is 22.5. The maximum atomic E-state index is 14.7. The molecule has 5 rings (SSSR count). The fourth-order valence-corrected chi connectivity index (χ4v) is 14.4. The molecule has 3 aliphatic rings. The number of aromatic nitrogens is 1. The summed E-state index contributed by atoms with van der Waals surface area (Å²) in [6.07, 6.45) is 6.59. The van der Waals surface area contributed by atoms with Crippen molar-refractivity contribution < 1.29 is 67.3 Å². The highest BCUT2D eigenvalue weighted by Crippen LogP contribution is 2.43. The highest BCUT2D eigenvalue weighted by atomic mass is 32.1. The zero-order valence-corrected chi connectivity index (χ0v) is 56.7. The second-order valence-corrected chi connectivity index (χ2v) is 27.2. The number of hydrogen-bond donors (Lipinski definition) is 6. The molecule has 0 radical (unpaired) electrons. The predicted octanol–water partition coefficient (Wildman–Crippen LogP) is 6.80. The molecule has 2 aromatic rings. The van der Waals surface area contributed by atoms with Crippen molar-refractivity contribution in [2.24, 2.45) is 53.1 Å². The maximum absolute atomic E-state index is 14.7. The summed E-state index contributed by atoms with van der Waals surface area (Å²) in [5.41, 5.74) is 6.63. The van der Waals surface area contributed by atoms with Gasteiger partial charge in [0.15, 0.2) is 11.6 Å². The Labute approximate surface area is 542 Å². The molecule has 0 spiro atoms. The monoisotopic (exact) mass is 1290 g/mol. The number of ketones is 3. The van der Waals surface area contributed by atoms with Crippen LogP contribution in [0, 0.1) is 47.3 Å². The SMILES string of the molecule is CC[C@H](C)[C@@H]([C@@H](CC(=O)N1CCC[C@H]1[C@H](OC)[C@@H](C)C(=O)C[C@@H](Cc1ccc(NC(=O)[C@H](CCCNC(N)=O)CC(=O)[C@@H](NC(=O)CCOCCNC(=O)CC(C)C(=O)O)C(C)C)cc1)c1nccs1)OC)N(C)C(=O)[C@@H](CC(=O)[C@@H]1[C@H]2CC[C@@H](C2)N1C)C(C)C. The van der Waals surface area contributed by atoms with Crippen LogP contribution in [0.1, 0.15) is 162 Å². The minimum Gasteiger partial charge on any atom is -0.481 e. The number of rotatable bonds is 41. The molecule has 24 heteroatoms. The lowest BCUT2D eigenvalue weighted by Gasteiger charge is -2.41. The number of urea groups is 1. The molecule has 3 heterocycles. The van der Waals surface area contributed by atoms with Crippen molar-refractivity contribution in [2.75, 3.05) is 66.5 Å². The lowest BCUT2D eigenvalue weighted by Crippen LogP contribution is -2.54. The minimum absolute atomic E-state index is 0.000953. The standard InChI is InChI=1S/C67H105N9O14S/c1-13-41(6)60(75(10)65(84)50(39(2)3)37-54(79)61-45-20-23-49(34-45)74(61)9)55(88-11)38-58(82)76-28-15-17-51(76)62(89-12)43(8)52(77)36-47(64-70-27-31-91-64)33-44-18-21-48(22-19-44)72-63(83)46(16-14-25-71-67(68)87)35-53(78)59(40(4)5)73-56(80)24-29-90-30-26-69-57(81)32-42(7)66(85)86/h18-19,21-22,27,31,39-43,45-47,49-51,55,59-62H,13-17,20,23-26,28-30,32-38H2,1-12H3,(H,69,81)(H,72,83)(H,73,80)(H,85,86)(H3,68,71,87)/t41-,42?,43-,45-,46+,47+,49-,50-,51-,55+,59-,60-,61-,62+/m0/s1. The molecule has 91 heavy (non-hydrogen) atoms. The first-order valence-corrected chi connectivity index (χ1v) is 33.7. The predicted molar refractivity (Wildman–Crippen MR) is 347 cm³/mol. The van der Waals surface area contributed by atoms with Crippen LogP contribution in [0.3, 0.4) is 0 Å². The number of carboxylic acids is 1. The number of benzene rings is 1. The summed E-state index contributed by atoms with van der Waals surface area (Å²) in [5.74, 6) is -6.13. The Morgan fingerprint density at radius 2 is 1.55 bits per heavy atom. The second-order valence-electron chi connectivity index (χ2n) is 26.3. The minimum atomic E-state index is -1.08. The van der Waals surface area contributed by atoms with Crippen LogP contribution in [0.5, 0.6) is 0 Å². The molecule has 1 unspecified atom stereocenters. The van der Waals surface area contributed by atoms with Gasteiger partial charge in [-0.2, -0.15) is 0 Å². The van der Waals surface area contributed by atoms with Gasteiger partial charge in [0.1, 0.15) is 5.78 Å². The van der Waals surface area contributed by atoms with E-state index >= 15 is 0 Å². The zero-order chi connectivity index (χ0) is 67.2. The second kappa shape index (κ2) is 36.9. The number of aliphatic carboxylic acids is 1. The zero-order valence-electron chi connectivity index (χ0n) is 55.9. The van der Waals surface area contributed by atoms with Gasteiger partial charge in [-0.1, -0.05) is 73.9 Å². The average molecular weight is 1290 g/mol. The van der Waals surface area contributed by atoms with Gasteiger partial charge in [-0.05, 0) is 99.8 Å². The third-order valence-corrected chi connectivity index (χ3v) is 20.2. The van der Waals surface area contributed by atoms with Crippen LogP contribution >= 0.6 is 11.3 Å². The number of amides is 7. The highest BCUT2D eigenvalue weighted by molar-refractivity contribution is 7.09. The van der Waals surface area contributed by atoms with E-state index in [2.05, 4.69) is 45.0 Å². The van der Waals surface area contributed by atoms with E-state index < -0.39 is 77.7 Å². The van der Waals surface area contributed by atoms with Crippen molar-refractivity contribution in [3.63, 3.8) is 0 Å². The normalized spacial score (nSPS) is 20.6. The Morgan fingerprint density at radius 3 is 2.14 bits per heavy atom. The molecule has 2 bridgehead atoms. The number of carbonyl (C=O) groups excluding carboxylic acids is 9. The van der Waals surface area contributed by atoms with Crippen LogP contribution in [0.4, 0.5) is 10.5 Å². The quantitative estimate of drug-likeness (QED) is 0.0373. The van der Waals surface area contributed by atoms with E-state index in [9.17, 15) is 47.9 Å². The Kier molecular flexibility index (Phi) is 30.6. The Bertz CT molecular complexity index is 2730. The van der Waals surface area contributed by atoms with Gasteiger partial charge in [0.25, 0.3) is 0 Å². The number of Topliss-reactive ketones (excluding diaryl/α,β-unsaturated/α-hetero) is 3. The number of ether oxygens (including phenoxy) is 3. The number of piperidine rings is 1. The number of nitrogens with one attached hydrogen (secondary N) is 4. The van der Waals surface area contributed by atoms with E-state index in [1.807, 2.05) is 50.2 Å². The van der Waals surface area contributed by atoms with Gasteiger partial charge in [0.2, 0.25) is 29.5 Å². The van der Waals surface area contributed by atoms with Crippen molar-refractivity contribution in [2.45, 2.75) is 200 Å². The van der Waals surface area contributed by atoms with Crippen LogP contribution in [-0.2, 0) is 63.8 Å². The third kappa shape index (κ3) is 22.0. The summed E-state index contributed by atoms with van der Waals surface area (Å²) < 4.78 is 17.8. The van der Waals surface area contributed by atoms with Crippen molar-refractivity contribution in [3.8, 4) is 0 Å². The van der Waals surface area contributed by atoms with Crippen molar-refractivity contribution in [1.82, 2.24) is 35.6 Å². The molecule has 23 nitrogen and oxygen atoms in total. The van der Waals surface area contributed by atoms with Gasteiger partial charge in [0, 0.05) is 120 Å². The molecule has 508 valence electrons. The summed E-state index contributed by atoms with van der Waals surface area (Å²) in [4.78, 5) is 144. The molecule has 7 amide bonds. The Balaban J connectivity index is 1.20. The molecule has 3 fully saturated rings. The number of methoxy groups -OCH3 is 2. The van der Waals surface area contributed by atoms with Crippen LogP contribution in [0.15, 0.2) is 35.8 Å². The largest absolute Gasteiger partial charge is 0.481 e. The average Bonchev–Trinajstić information content (AvgIpc) is 1.71. The lowest BCUT2D eigenvalue weighted by molar-refractivity contribution is -0.149. The number of anilines is 1. The highest BCUT2D eigenvalue weighted by Gasteiger charge is 2.49. The topological polar surface area (TPSA) is 315 Å². The van der Waals surface area contributed by atoms with Crippen molar-refractivity contribution in [3.05, 3.63) is 46.4 Å². The fourth-order valence-electron chi connectivity index (χ4n) is 13.7. The first-order chi connectivity index (χ1) is 43.2. The van der Waals surface area contributed by atoms with E-state index in [0.717, 1.165) is 42.7 Å². The van der Waals surface area contributed by atoms with Crippen molar-refractivity contribution >= 4 is 75.9 Å². The molecule has 2 aliphatic heterocycles. The van der Waals surface area contributed by atoms with E-state index in [-0.39, 0.29) is 136 Å². The number of hydrogen-bond acceptors (Lipinski definition) is 16. The number of carboxylic acid groups (broad SMARTS) is 1. The van der Waals surface area contributed by atoms with Crippen LogP contribution in [0.2, 0.25) is 0 Å². The van der Waals surface area contributed by atoms with E-state index in [0.29, 0.717) is 43.5 Å². The summed E-state index contributed by atoms with van der Waals surface area (Å²) in [6, 6.07) is 5.03. The number of primary amides is 1. The molecule has 2 saturated heterocycles. The number of likely N-dealkylation sites (N-methyl/N-ethyl adjacent to an activating group) is 2. The van der Waals surface area contributed by atoms with Gasteiger partial charge < -0.3 is 56.1 Å². The first kappa shape index (κ1) is 75.5. The molecular weight excluding hydrogens is 1190 g/mol. The number of likely N-dealkylation sites (tertiary alicyclic amines) is 2. The number of fused-ring (bicyclic) bond motifs is 2. The van der Waals surface area contributed by atoms with Gasteiger partial charge >= 0.3 is 12.0 Å². The summed E-state index contributed by atoms with van der Waals surface area (Å²) >= 11 is 1.45. The van der Waals surface area contributed by atoms with Crippen LogP contribution in [0.25, 0.3) is 0 Å². The van der Waals surface area contributed by atoms with E-state index in [1.54, 1.807) is 58.3 Å². The first-order valence-electron chi connectivity index (χ1n) is 32.8. The Hall–Kier alpha value is -6.21. The number of carbonyl (C=O) groups is 10. The maximum Gasteiger partial charge on any atom is 0.312 e. The van der Waals surface area contributed by atoms with Gasteiger partial charge in [-0.15, -0.1) is 11.3 Å². The van der Waals surface area contributed by atoms with Crippen molar-refractivity contribution in [1.29, 1.82) is 0 Å². The molecular formula is C67H105N9O14S. The molecule has 1 saturated carbocycles. The molecule has 14 atom stereocenters. The van der Waals surface area contributed by atoms with Gasteiger partial charge in [-0.3, -0.25) is 48.1 Å². The smallest absolute Gasteiger partial charge is 0.312 e. The van der Waals surface area contributed by atoms with E-state index in [1.165, 1.54) is 18.3 Å². The van der Waals surface area contributed by atoms with Crippen LogP contribution < -0.4 is 27.0 Å². The molecule has 1 aromatic carbocycles. The number of thiazole rings is 1. The molecule has 7 N–H and O–H groups in total. The fraction of sp³-hybridized carbons (Fsp3) is 0.716. The molecule has 1 aliphatic carbocycles. The summed E-state index contributed by atoms with van der Waals surface area (Å²) in [7, 11) is 6.98. The van der Waals surface area contributed by atoms with Gasteiger partial charge in [-0.25, -0.2) is 9.78 Å². The van der Waals surface area contributed by atoms with Gasteiger partial charge in [0.05, 0.1) is 66.9 Å². The Morgan fingerprint density at radius 1 is 0.835 bits per heavy atom. The third-order valence-electron chi connectivity index (χ3n) is 19.2. The number of nitrogens with two attached hydrogens (primary N) is 1. The number of nitrogens with zero attached hydrogens (tertiary/aromatic N) is 4. The molecule has 1 aromatic heterocycles.